The molecule has 0 aliphatic rings. The molecule has 0 saturated heterocycles. The molecule has 1 N–H and O–H groups in total. The molecular weight excluding hydrogens is 230 g/mol. The molecule has 4 nitrogen and oxygen atoms in total. The average molecular weight is 251 g/mol. The van der Waals surface area contributed by atoms with E-state index in [9.17, 15) is 9.90 Å². The molecule has 4 heteroatoms. The number of carbonyl (C=O) groups excluding carboxylic acids is 1. The zero-order valence-corrected chi connectivity index (χ0v) is 11.0. The van der Waals surface area contributed by atoms with Gasteiger partial charge in [0.1, 0.15) is 0 Å². The van der Waals surface area contributed by atoms with E-state index in [2.05, 4.69) is 0 Å². The molecule has 0 bridgehead atoms. The highest BCUT2D eigenvalue weighted by molar-refractivity contribution is 5.70. The number of ether oxygens (including phenoxy) is 1. The van der Waals surface area contributed by atoms with Crippen molar-refractivity contribution in [2.75, 3.05) is 24.6 Å². The first-order valence-corrected chi connectivity index (χ1v) is 6.31. The van der Waals surface area contributed by atoms with Crippen molar-refractivity contribution in [1.82, 2.24) is 0 Å². The Bertz CT molecular complexity index is 353. The van der Waals surface area contributed by atoms with E-state index < -0.39 is 6.10 Å². The second-order valence-electron chi connectivity index (χ2n) is 4.04. The number of hydrogen-bond donors (Lipinski definition) is 1. The summed E-state index contributed by atoms with van der Waals surface area (Å²) in [7, 11) is 0. The largest absolute Gasteiger partial charge is 0.466 e. The van der Waals surface area contributed by atoms with Crippen molar-refractivity contribution in [1.29, 1.82) is 0 Å². The molecule has 1 unspecified atom stereocenters. The van der Waals surface area contributed by atoms with Crippen LogP contribution in [0.4, 0.5) is 5.69 Å². The van der Waals surface area contributed by atoms with Gasteiger partial charge >= 0.3 is 5.97 Å². The fourth-order valence-electron chi connectivity index (χ4n) is 1.79. The lowest BCUT2D eigenvalue weighted by Crippen LogP contribution is -2.33. The summed E-state index contributed by atoms with van der Waals surface area (Å²) in [5, 5.41) is 9.87. The first-order valence-electron chi connectivity index (χ1n) is 6.31. The van der Waals surface area contributed by atoms with Crippen molar-refractivity contribution in [3.8, 4) is 0 Å². The van der Waals surface area contributed by atoms with Crippen molar-refractivity contribution in [3.05, 3.63) is 30.3 Å². The van der Waals surface area contributed by atoms with E-state index in [0.29, 0.717) is 13.2 Å². The molecule has 0 radical (unpaired) electrons. The molecule has 0 aliphatic carbocycles. The Hall–Kier alpha value is -1.55. The minimum Gasteiger partial charge on any atom is -0.466 e. The molecule has 0 aromatic heterocycles. The topological polar surface area (TPSA) is 49.8 Å². The van der Waals surface area contributed by atoms with E-state index in [4.69, 9.17) is 4.74 Å². The van der Waals surface area contributed by atoms with Crippen molar-refractivity contribution < 1.29 is 14.6 Å². The molecule has 0 aliphatic heterocycles. The first kappa shape index (κ1) is 14.5. The van der Waals surface area contributed by atoms with E-state index in [-0.39, 0.29) is 12.4 Å². The fraction of sp³-hybridized carbons (Fsp3) is 0.500. The number of aliphatic hydroxyl groups excluding tert-OH is 1. The van der Waals surface area contributed by atoms with E-state index in [1.807, 2.05) is 42.2 Å². The summed E-state index contributed by atoms with van der Waals surface area (Å²) in [6.07, 6.45) is -0.666. The number of esters is 1. The van der Waals surface area contributed by atoms with E-state index >= 15 is 0 Å². The summed E-state index contributed by atoms with van der Waals surface area (Å²) < 4.78 is 4.82. The highest BCUT2D eigenvalue weighted by Gasteiger charge is 2.15. The van der Waals surface area contributed by atoms with Gasteiger partial charge in [-0.25, -0.2) is 0 Å². The molecule has 100 valence electrons. The van der Waals surface area contributed by atoms with Crippen LogP contribution in [0.15, 0.2) is 30.3 Å². The third kappa shape index (κ3) is 4.75. The van der Waals surface area contributed by atoms with Gasteiger partial charge < -0.3 is 14.7 Å². The highest BCUT2D eigenvalue weighted by Crippen LogP contribution is 2.13. The van der Waals surface area contributed by atoms with Crippen LogP contribution in [0.2, 0.25) is 0 Å². The Kier molecular flexibility index (Phi) is 6.22. The molecule has 0 saturated carbocycles. The normalized spacial score (nSPS) is 11.9. The Labute approximate surface area is 108 Å². The van der Waals surface area contributed by atoms with Gasteiger partial charge in [-0.3, -0.25) is 4.79 Å². The van der Waals surface area contributed by atoms with Crippen molar-refractivity contribution >= 4 is 11.7 Å². The maximum absolute atomic E-state index is 11.3. The molecule has 1 aromatic rings. The van der Waals surface area contributed by atoms with Gasteiger partial charge in [-0.1, -0.05) is 18.2 Å². The Morgan fingerprint density at radius 3 is 2.56 bits per heavy atom. The second-order valence-corrected chi connectivity index (χ2v) is 4.04. The summed E-state index contributed by atoms with van der Waals surface area (Å²) >= 11 is 0. The lowest BCUT2D eigenvalue weighted by molar-refractivity contribution is -0.145. The van der Waals surface area contributed by atoms with Crippen LogP contribution in [0.5, 0.6) is 0 Å². The van der Waals surface area contributed by atoms with Crippen LogP contribution >= 0.6 is 0 Å². The van der Waals surface area contributed by atoms with E-state index in [1.165, 1.54) is 0 Å². The minimum atomic E-state index is -0.704. The van der Waals surface area contributed by atoms with Crippen LogP contribution in [0, 0.1) is 0 Å². The zero-order valence-electron chi connectivity index (χ0n) is 11.0. The van der Waals surface area contributed by atoms with Crippen molar-refractivity contribution in [2.45, 2.75) is 26.4 Å². The smallest absolute Gasteiger partial charge is 0.308 e. The van der Waals surface area contributed by atoms with Crippen molar-refractivity contribution in [2.24, 2.45) is 0 Å². The maximum Gasteiger partial charge on any atom is 0.308 e. The molecule has 0 fully saturated rings. The van der Waals surface area contributed by atoms with Gasteiger partial charge in [-0.15, -0.1) is 0 Å². The molecule has 0 heterocycles. The third-order valence-electron chi connectivity index (χ3n) is 2.64. The van der Waals surface area contributed by atoms with E-state index in [0.717, 1.165) is 12.2 Å². The van der Waals surface area contributed by atoms with Gasteiger partial charge in [0, 0.05) is 18.8 Å². The molecule has 1 aromatic carbocycles. The maximum atomic E-state index is 11.3. The number of rotatable bonds is 7. The second kappa shape index (κ2) is 7.71. The number of benzene rings is 1. The summed E-state index contributed by atoms with van der Waals surface area (Å²) in [6.45, 7) is 5.33. The molecule has 0 amide bonds. The van der Waals surface area contributed by atoms with Crippen LogP contribution in [0.3, 0.4) is 0 Å². The molecule has 18 heavy (non-hydrogen) atoms. The number of carbonyl (C=O) groups is 1. The monoisotopic (exact) mass is 251 g/mol. The number of para-hydroxylation sites is 1. The fourth-order valence-corrected chi connectivity index (χ4v) is 1.79. The SMILES string of the molecule is CCOC(=O)CC(O)CN(CC)c1ccccc1. The third-order valence-corrected chi connectivity index (χ3v) is 2.64. The summed E-state index contributed by atoms with van der Waals surface area (Å²) in [5.41, 5.74) is 1.04. The Morgan fingerprint density at radius 1 is 1.33 bits per heavy atom. The van der Waals surface area contributed by atoms with Gasteiger partial charge in [0.25, 0.3) is 0 Å². The Balaban J connectivity index is 2.51. The minimum absolute atomic E-state index is 0.0389. The molecule has 0 spiro atoms. The van der Waals surface area contributed by atoms with Gasteiger partial charge in [0.05, 0.1) is 19.1 Å². The number of aliphatic hydroxyl groups is 1. The van der Waals surface area contributed by atoms with Gasteiger partial charge in [-0.2, -0.15) is 0 Å². The highest BCUT2D eigenvalue weighted by atomic mass is 16.5. The Morgan fingerprint density at radius 2 is 2.00 bits per heavy atom. The van der Waals surface area contributed by atoms with Gasteiger partial charge in [0.15, 0.2) is 0 Å². The van der Waals surface area contributed by atoms with Crippen LogP contribution in [-0.2, 0) is 9.53 Å². The van der Waals surface area contributed by atoms with Crippen LogP contribution < -0.4 is 4.90 Å². The molecular formula is C14H21NO3. The standard InChI is InChI=1S/C14H21NO3/c1-3-15(12-8-6-5-7-9-12)11-13(16)10-14(17)18-4-2/h5-9,13,16H,3-4,10-11H2,1-2H3. The number of nitrogens with zero attached hydrogens (tertiary/aromatic N) is 1. The lowest BCUT2D eigenvalue weighted by atomic mass is 10.2. The average Bonchev–Trinajstić information content (AvgIpc) is 2.37. The molecule has 1 atom stereocenters. The number of likely N-dealkylation sites (N-methyl/N-ethyl adjacent to an activating group) is 1. The zero-order chi connectivity index (χ0) is 13.4. The summed E-state index contributed by atoms with van der Waals surface area (Å²) in [5.74, 6) is -0.353. The van der Waals surface area contributed by atoms with Gasteiger partial charge in [-0.05, 0) is 26.0 Å². The summed E-state index contributed by atoms with van der Waals surface area (Å²) in [6, 6.07) is 9.83. The quantitative estimate of drug-likeness (QED) is 0.751. The first-order chi connectivity index (χ1) is 8.67. The molecule has 1 rings (SSSR count). The van der Waals surface area contributed by atoms with Crippen LogP contribution in [0.25, 0.3) is 0 Å². The lowest BCUT2D eigenvalue weighted by Gasteiger charge is -2.25. The predicted octanol–water partition coefficient (Wildman–Crippen LogP) is 1.83. The van der Waals surface area contributed by atoms with Crippen LogP contribution in [-0.4, -0.2) is 36.9 Å². The number of anilines is 1. The predicted molar refractivity (Wildman–Crippen MR) is 71.6 cm³/mol. The summed E-state index contributed by atoms with van der Waals surface area (Å²) in [4.78, 5) is 13.3. The van der Waals surface area contributed by atoms with Crippen LogP contribution in [0.1, 0.15) is 20.3 Å². The van der Waals surface area contributed by atoms with Crippen molar-refractivity contribution in [3.63, 3.8) is 0 Å². The van der Waals surface area contributed by atoms with Gasteiger partial charge in [0.2, 0.25) is 0 Å². The van der Waals surface area contributed by atoms with E-state index in [1.54, 1.807) is 6.92 Å². The number of hydrogen-bond acceptors (Lipinski definition) is 4.